The van der Waals surface area contributed by atoms with E-state index in [2.05, 4.69) is 9.97 Å². The van der Waals surface area contributed by atoms with E-state index in [1.54, 1.807) is 0 Å². The van der Waals surface area contributed by atoms with Gasteiger partial charge in [-0.2, -0.15) is 0 Å². The second kappa shape index (κ2) is 3.15. The van der Waals surface area contributed by atoms with Gasteiger partial charge < -0.3 is 5.73 Å². The quantitative estimate of drug-likeness (QED) is 0.528. The Kier molecular flexibility index (Phi) is 2.34. The molecule has 8 heteroatoms. The van der Waals surface area contributed by atoms with E-state index in [9.17, 15) is 13.2 Å². The van der Waals surface area contributed by atoms with Gasteiger partial charge in [0.15, 0.2) is 10.8 Å². The van der Waals surface area contributed by atoms with Crippen LogP contribution in [0.4, 0.5) is 5.95 Å². The molecule has 0 unspecified atom stereocenters. The standard InChI is InChI=1S/C5H8N4O3S/c1-7-13(11,12)3-2-8-5(6)9-4(3)10/h2,7H,1H3,(H3,6,8,9,10). The number of nitrogens with one attached hydrogen (secondary N) is 2. The highest BCUT2D eigenvalue weighted by Crippen LogP contribution is 1.98. The average Bonchev–Trinajstić information content (AvgIpc) is 2.03. The lowest BCUT2D eigenvalue weighted by atomic mass is 10.6. The lowest BCUT2D eigenvalue weighted by Gasteiger charge is -1.99. The van der Waals surface area contributed by atoms with E-state index in [0.29, 0.717) is 0 Å². The van der Waals surface area contributed by atoms with Crippen LogP contribution in [0.1, 0.15) is 0 Å². The number of anilines is 1. The number of aromatic nitrogens is 2. The first-order valence-corrected chi connectivity index (χ1v) is 4.74. The predicted molar refractivity (Wildman–Crippen MR) is 45.5 cm³/mol. The van der Waals surface area contributed by atoms with Crippen molar-refractivity contribution in [2.24, 2.45) is 0 Å². The second-order valence-electron chi connectivity index (χ2n) is 2.17. The summed E-state index contributed by atoms with van der Waals surface area (Å²) >= 11 is 0. The summed E-state index contributed by atoms with van der Waals surface area (Å²) < 4.78 is 24.2. The van der Waals surface area contributed by atoms with Crippen LogP contribution in [0, 0.1) is 0 Å². The smallest absolute Gasteiger partial charge is 0.272 e. The highest BCUT2D eigenvalue weighted by molar-refractivity contribution is 7.89. The minimum Gasteiger partial charge on any atom is -0.369 e. The van der Waals surface area contributed by atoms with Crippen molar-refractivity contribution in [1.82, 2.24) is 14.7 Å². The van der Waals surface area contributed by atoms with E-state index in [1.807, 2.05) is 4.72 Å². The van der Waals surface area contributed by atoms with Crippen LogP contribution >= 0.6 is 0 Å². The van der Waals surface area contributed by atoms with Gasteiger partial charge in [-0.25, -0.2) is 18.1 Å². The van der Waals surface area contributed by atoms with Crippen LogP contribution in [0.15, 0.2) is 15.9 Å². The molecule has 0 aliphatic heterocycles. The first-order chi connectivity index (χ1) is 5.97. The topological polar surface area (TPSA) is 118 Å². The third-order valence-corrected chi connectivity index (χ3v) is 2.75. The molecule has 0 fully saturated rings. The van der Waals surface area contributed by atoms with Gasteiger partial charge in [-0.15, -0.1) is 0 Å². The summed E-state index contributed by atoms with van der Waals surface area (Å²) in [6.45, 7) is 0. The fraction of sp³-hybridized carbons (Fsp3) is 0.200. The molecule has 13 heavy (non-hydrogen) atoms. The van der Waals surface area contributed by atoms with Gasteiger partial charge >= 0.3 is 0 Å². The third-order valence-electron chi connectivity index (χ3n) is 1.34. The summed E-state index contributed by atoms with van der Waals surface area (Å²) in [4.78, 5) is 16.1. The molecule has 0 saturated carbocycles. The Bertz CT molecular complexity index is 463. The maximum atomic E-state index is 11.1. The fourth-order valence-electron chi connectivity index (χ4n) is 0.698. The second-order valence-corrected chi connectivity index (χ2v) is 4.02. The van der Waals surface area contributed by atoms with E-state index in [4.69, 9.17) is 5.73 Å². The van der Waals surface area contributed by atoms with E-state index in [0.717, 1.165) is 6.20 Å². The Morgan fingerprint density at radius 3 is 2.69 bits per heavy atom. The van der Waals surface area contributed by atoms with E-state index in [-0.39, 0.29) is 5.95 Å². The summed E-state index contributed by atoms with van der Waals surface area (Å²) in [6.07, 6.45) is 0.903. The molecule has 0 radical (unpaired) electrons. The van der Waals surface area contributed by atoms with Crippen molar-refractivity contribution in [2.45, 2.75) is 4.90 Å². The number of nitrogen functional groups attached to an aromatic ring is 1. The average molecular weight is 204 g/mol. The summed E-state index contributed by atoms with van der Waals surface area (Å²) in [5.74, 6) is -0.125. The highest BCUT2D eigenvalue weighted by Gasteiger charge is 2.16. The van der Waals surface area contributed by atoms with Crippen molar-refractivity contribution < 1.29 is 8.42 Å². The zero-order chi connectivity index (χ0) is 10.1. The molecule has 1 heterocycles. The van der Waals surface area contributed by atoms with Gasteiger partial charge in [0.05, 0.1) is 6.20 Å². The molecule has 0 aliphatic rings. The molecule has 0 aliphatic carbocycles. The van der Waals surface area contributed by atoms with E-state index >= 15 is 0 Å². The number of aromatic amines is 1. The van der Waals surface area contributed by atoms with Gasteiger partial charge in [0.2, 0.25) is 10.0 Å². The summed E-state index contributed by atoms with van der Waals surface area (Å²) in [5.41, 5.74) is 4.34. The van der Waals surface area contributed by atoms with E-state index in [1.165, 1.54) is 7.05 Å². The number of nitrogens with zero attached hydrogens (tertiary/aromatic N) is 1. The van der Waals surface area contributed by atoms with E-state index < -0.39 is 20.5 Å². The Hall–Kier alpha value is -1.41. The summed E-state index contributed by atoms with van der Waals surface area (Å²) in [7, 11) is -2.56. The molecule has 1 rings (SSSR count). The Morgan fingerprint density at radius 2 is 2.23 bits per heavy atom. The molecule has 1 aromatic rings. The number of hydrogen-bond donors (Lipinski definition) is 3. The number of H-pyrrole nitrogens is 1. The molecule has 4 N–H and O–H groups in total. The van der Waals surface area contributed by atoms with Crippen LogP contribution in [0.25, 0.3) is 0 Å². The summed E-state index contributed by atoms with van der Waals surface area (Å²) in [6, 6.07) is 0. The minimum atomic E-state index is -3.76. The van der Waals surface area contributed by atoms with Crippen LogP contribution < -0.4 is 16.0 Å². The largest absolute Gasteiger partial charge is 0.369 e. The highest BCUT2D eigenvalue weighted by atomic mass is 32.2. The molecule has 0 saturated heterocycles. The molecule has 0 bridgehead atoms. The zero-order valence-electron chi connectivity index (χ0n) is 6.73. The molecule has 0 amide bonds. The third kappa shape index (κ3) is 1.84. The van der Waals surface area contributed by atoms with Crippen LogP contribution in [0.3, 0.4) is 0 Å². The minimum absolute atomic E-state index is 0.125. The first-order valence-electron chi connectivity index (χ1n) is 3.25. The van der Waals surface area contributed by atoms with Gasteiger partial charge in [-0.3, -0.25) is 9.78 Å². The molecule has 72 valence electrons. The van der Waals surface area contributed by atoms with Crippen molar-refractivity contribution in [1.29, 1.82) is 0 Å². The number of sulfonamides is 1. The van der Waals surface area contributed by atoms with Gasteiger partial charge in [-0.05, 0) is 7.05 Å². The predicted octanol–water partition coefficient (Wildman–Crippen LogP) is -1.74. The first kappa shape index (κ1) is 9.68. The SMILES string of the molecule is CNS(=O)(=O)c1cnc(N)[nH]c1=O. The van der Waals surface area contributed by atoms with Gasteiger partial charge in [0.1, 0.15) is 0 Å². The van der Waals surface area contributed by atoms with Crippen molar-refractivity contribution in [3.05, 3.63) is 16.6 Å². The maximum absolute atomic E-state index is 11.1. The zero-order valence-corrected chi connectivity index (χ0v) is 7.55. The normalized spacial score (nSPS) is 11.5. The molecule has 1 aromatic heterocycles. The Labute approximate surface area is 74.0 Å². The van der Waals surface area contributed by atoms with Gasteiger partial charge in [0, 0.05) is 0 Å². The molecular weight excluding hydrogens is 196 g/mol. The Balaban J connectivity index is 3.42. The van der Waals surface area contributed by atoms with Crippen molar-refractivity contribution in [2.75, 3.05) is 12.8 Å². The number of rotatable bonds is 2. The number of hydrogen-bond acceptors (Lipinski definition) is 5. The lowest BCUT2D eigenvalue weighted by Crippen LogP contribution is -2.27. The van der Waals surface area contributed by atoms with Gasteiger partial charge in [-0.1, -0.05) is 0 Å². The fourth-order valence-corrected chi connectivity index (χ4v) is 1.40. The van der Waals surface area contributed by atoms with Crippen LogP contribution in [0.5, 0.6) is 0 Å². The lowest BCUT2D eigenvalue weighted by molar-refractivity contribution is 0.586. The van der Waals surface area contributed by atoms with Crippen molar-refractivity contribution >= 4 is 16.0 Å². The molecule has 7 nitrogen and oxygen atoms in total. The van der Waals surface area contributed by atoms with Crippen LogP contribution in [-0.2, 0) is 10.0 Å². The Morgan fingerprint density at radius 1 is 1.62 bits per heavy atom. The van der Waals surface area contributed by atoms with Crippen LogP contribution in [-0.4, -0.2) is 25.4 Å². The van der Waals surface area contributed by atoms with Crippen LogP contribution in [0.2, 0.25) is 0 Å². The molecule has 0 aromatic carbocycles. The number of nitrogens with two attached hydrogens (primary N) is 1. The molecule has 0 spiro atoms. The molecular formula is C5H8N4O3S. The molecule has 0 atom stereocenters. The van der Waals surface area contributed by atoms with Gasteiger partial charge in [0.25, 0.3) is 5.56 Å². The van der Waals surface area contributed by atoms with Crippen molar-refractivity contribution in [3.63, 3.8) is 0 Å². The van der Waals surface area contributed by atoms with Crippen molar-refractivity contribution in [3.8, 4) is 0 Å². The summed E-state index contributed by atoms with van der Waals surface area (Å²) in [5, 5.41) is 0. The monoisotopic (exact) mass is 204 g/mol. The maximum Gasteiger partial charge on any atom is 0.272 e.